The Kier molecular flexibility index (Phi) is 4.17. The van der Waals surface area contributed by atoms with E-state index in [1.807, 2.05) is 23.1 Å². The molecule has 0 amide bonds. The summed E-state index contributed by atoms with van der Waals surface area (Å²) >= 11 is 0. The third-order valence-electron chi connectivity index (χ3n) is 3.14. The van der Waals surface area contributed by atoms with Crippen molar-refractivity contribution in [3.05, 3.63) is 30.2 Å². The number of aliphatic hydroxyl groups excluding tert-OH is 1. The highest BCUT2D eigenvalue weighted by molar-refractivity contribution is 5.73. The SMILES string of the molecule is O=C(O)[C@H]1C[C@@H](O)CCN1C/C=C/c1ccco1. The fraction of sp³-hybridized carbons (Fsp3) is 0.462. The molecular formula is C13H17NO4. The summed E-state index contributed by atoms with van der Waals surface area (Å²) < 4.78 is 5.15. The molecule has 1 saturated heterocycles. The first-order valence-electron chi connectivity index (χ1n) is 6.02. The molecule has 1 aromatic heterocycles. The number of likely N-dealkylation sites (tertiary alicyclic amines) is 1. The summed E-state index contributed by atoms with van der Waals surface area (Å²) in [5.41, 5.74) is 0. The lowest BCUT2D eigenvalue weighted by molar-refractivity contribution is -0.146. The maximum absolute atomic E-state index is 11.1. The molecule has 2 atom stereocenters. The van der Waals surface area contributed by atoms with Gasteiger partial charge in [-0.2, -0.15) is 0 Å². The monoisotopic (exact) mass is 251 g/mol. The molecule has 0 spiro atoms. The number of nitrogens with zero attached hydrogens (tertiary/aromatic N) is 1. The van der Waals surface area contributed by atoms with Crippen molar-refractivity contribution in [2.45, 2.75) is 25.0 Å². The Labute approximate surface area is 105 Å². The van der Waals surface area contributed by atoms with Gasteiger partial charge in [-0.25, -0.2) is 0 Å². The number of carboxylic acid groups (broad SMARTS) is 1. The molecular weight excluding hydrogens is 234 g/mol. The van der Waals surface area contributed by atoms with Crippen LogP contribution in [0.25, 0.3) is 6.08 Å². The second-order valence-corrected chi connectivity index (χ2v) is 4.44. The first kappa shape index (κ1) is 12.9. The lowest BCUT2D eigenvalue weighted by Gasteiger charge is -2.34. The lowest BCUT2D eigenvalue weighted by atomic mass is 9.99. The molecule has 1 aliphatic rings. The van der Waals surface area contributed by atoms with E-state index in [-0.39, 0.29) is 0 Å². The molecule has 18 heavy (non-hydrogen) atoms. The zero-order valence-corrected chi connectivity index (χ0v) is 10.0. The molecule has 2 N–H and O–H groups in total. The minimum Gasteiger partial charge on any atom is -0.480 e. The molecule has 5 heteroatoms. The predicted molar refractivity (Wildman–Crippen MR) is 66.0 cm³/mol. The lowest BCUT2D eigenvalue weighted by Crippen LogP contribution is -2.48. The largest absolute Gasteiger partial charge is 0.480 e. The van der Waals surface area contributed by atoms with Gasteiger partial charge >= 0.3 is 5.97 Å². The van der Waals surface area contributed by atoms with Crippen LogP contribution in [0.3, 0.4) is 0 Å². The van der Waals surface area contributed by atoms with Crippen LogP contribution in [0.15, 0.2) is 28.9 Å². The molecule has 1 fully saturated rings. The van der Waals surface area contributed by atoms with Crippen LogP contribution < -0.4 is 0 Å². The highest BCUT2D eigenvalue weighted by Gasteiger charge is 2.31. The molecule has 2 rings (SSSR count). The number of hydrogen-bond donors (Lipinski definition) is 2. The van der Waals surface area contributed by atoms with Gasteiger partial charge < -0.3 is 14.6 Å². The predicted octanol–water partition coefficient (Wildman–Crippen LogP) is 1.20. The van der Waals surface area contributed by atoms with E-state index in [1.54, 1.807) is 12.3 Å². The van der Waals surface area contributed by atoms with E-state index in [2.05, 4.69) is 0 Å². The van der Waals surface area contributed by atoms with Gasteiger partial charge in [-0.05, 0) is 31.1 Å². The van der Waals surface area contributed by atoms with Crippen LogP contribution in [0.1, 0.15) is 18.6 Å². The van der Waals surface area contributed by atoms with Gasteiger partial charge in [-0.3, -0.25) is 9.69 Å². The average Bonchev–Trinajstić information content (AvgIpc) is 2.84. The van der Waals surface area contributed by atoms with Crippen molar-refractivity contribution in [3.63, 3.8) is 0 Å². The fourth-order valence-corrected chi connectivity index (χ4v) is 2.16. The Morgan fingerprint density at radius 3 is 3.11 bits per heavy atom. The Morgan fingerprint density at radius 1 is 1.61 bits per heavy atom. The molecule has 0 aromatic carbocycles. The van der Waals surface area contributed by atoms with Crippen LogP contribution in [0.2, 0.25) is 0 Å². The number of piperidine rings is 1. The van der Waals surface area contributed by atoms with Crippen molar-refractivity contribution >= 4 is 12.0 Å². The molecule has 98 valence electrons. The molecule has 0 bridgehead atoms. The van der Waals surface area contributed by atoms with E-state index in [0.717, 1.165) is 5.76 Å². The standard InChI is InChI=1S/C13H17NO4/c15-10-5-7-14(12(9-10)13(16)17)6-1-3-11-4-2-8-18-11/h1-4,8,10,12,15H,5-7,9H2,(H,16,17)/b3-1+/t10-,12+/m0/s1. The average molecular weight is 251 g/mol. The topological polar surface area (TPSA) is 73.9 Å². The normalized spacial score (nSPS) is 25.6. The van der Waals surface area contributed by atoms with Gasteiger partial charge in [0.25, 0.3) is 0 Å². The van der Waals surface area contributed by atoms with Gasteiger partial charge in [0.2, 0.25) is 0 Å². The van der Waals surface area contributed by atoms with Crippen LogP contribution in [-0.4, -0.2) is 46.3 Å². The van der Waals surface area contributed by atoms with Crippen LogP contribution in [0.4, 0.5) is 0 Å². The highest BCUT2D eigenvalue weighted by Crippen LogP contribution is 2.18. The smallest absolute Gasteiger partial charge is 0.321 e. The minimum absolute atomic E-state index is 0.296. The third-order valence-corrected chi connectivity index (χ3v) is 3.14. The van der Waals surface area contributed by atoms with E-state index in [4.69, 9.17) is 9.52 Å². The molecule has 0 unspecified atom stereocenters. The zero-order chi connectivity index (χ0) is 13.0. The summed E-state index contributed by atoms with van der Waals surface area (Å²) in [6, 6.07) is 3.04. The summed E-state index contributed by atoms with van der Waals surface area (Å²) in [6.45, 7) is 1.14. The molecule has 0 saturated carbocycles. The highest BCUT2D eigenvalue weighted by atomic mass is 16.4. The van der Waals surface area contributed by atoms with E-state index in [1.165, 1.54) is 0 Å². The maximum atomic E-state index is 11.1. The van der Waals surface area contributed by atoms with E-state index < -0.39 is 18.1 Å². The van der Waals surface area contributed by atoms with Crippen molar-refractivity contribution in [1.29, 1.82) is 0 Å². The van der Waals surface area contributed by atoms with Crippen molar-refractivity contribution in [2.75, 3.05) is 13.1 Å². The van der Waals surface area contributed by atoms with Gasteiger partial charge in [-0.1, -0.05) is 6.08 Å². The number of rotatable bonds is 4. The number of aliphatic hydroxyl groups is 1. The molecule has 0 aliphatic carbocycles. The first-order chi connectivity index (χ1) is 8.66. The minimum atomic E-state index is -0.875. The quantitative estimate of drug-likeness (QED) is 0.841. The number of furan rings is 1. The van der Waals surface area contributed by atoms with Crippen LogP contribution in [0.5, 0.6) is 0 Å². The molecule has 5 nitrogen and oxygen atoms in total. The molecule has 0 radical (unpaired) electrons. The Balaban J connectivity index is 1.92. The first-order valence-corrected chi connectivity index (χ1v) is 6.02. The summed E-state index contributed by atoms with van der Waals surface area (Å²) in [5, 5.41) is 18.6. The zero-order valence-electron chi connectivity index (χ0n) is 10.0. The Bertz CT molecular complexity index is 413. The summed E-state index contributed by atoms with van der Waals surface area (Å²) in [7, 11) is 0. The second-order valence-electron chi connectivity index (χ2n) is 4.44. The number of hydrogen-bond acceptors (Lipinski definition) is 4. The van der Waals surface area contributed by atoms with Crippen LogP contribution in [-0.2, 0) is 4.79 Å². The van der Waals surface area contributed by atoms with E-state index >= 15 is 0 Å². The summed E-state index contributed by atoms with van der Waals surface area (Å²) in [5.74, 6) is -0.126. The van der Waals surface area contributed by atoms with Gasteiger partial charge in [0.1, 0.15) is 11.8 Å². The van der Waals surface area contributed by atoms with Crippen molar-refractivity contribution in [2.24, 2.45) is 0 Å². The summed E-state index contributed by atoms with van der Waals surface area (Å²) in [6.07, 6.45) is 5.71. The van der Waals surface area contributed by atoms with Gasteiger partial charge in [0.05, 0.1) is 12.4 Å². The van der Waals surface area contributed by atoms with Crippen LogP contribution >= 0.6 is 0 Å². The van der Waals surface area contributed by atoms with E-state index in [0.29, 0.717) is 25.9 Å². The molecule has 1 aromatic rings. The van der Waals surface area contributed by atoms with Crippen molar-refractivity contribution < 1.29 is 19.4 Å². The van der Waals surface area contributed by atoms with E-state index in [9.17, 15) is 9.90 Å². The van der Waals surface area contributed by atoms with Gasteiger partial charge in [-0.15, -0.1) is 0 Å². The summed E-state index contributed by atoms with van der Waals surface area (Å²) in [4.78, 5) is 13.0. The Morgan fingerprint density at radius 2 is 2.44 bits per heavy atom. The van der Waals surface area contributed by atoms with Crippen molar-refractivity contribution in [1.82, 2.24) is 4.90 Å². The molecule has 2 heterocycles. The van der Waals surface area contributed by atoms with Crippen molar-refractivity contribution in [3.8, 4) is 0 Å². The van der Waals surface area contributed by atoms with Crippen LogP contribution in [0, 0.1) is 0 Å². The Hall–Kier alpha value is -1.59. The number of carbonyl (C=O) groups is 1. The third kappa shape index (κ3) is 3.21. The van der Waals surface area contributed by atoms with Gasteiger partial charge in [0.15, 0.2) is 0 Å². The number of aliphatic carboxylic acids is 1. The second kappa shape index (κ2) is 5.84. The maximum Gasteiger partial charge on any atom is 0.321 e. The molecule has 1 aliphatic heterocycles. The fourth-order valence-electron chi connectivity index (χ4n) is 2.16. The van der Waals surface area contributed by atoms with Gasteiger partial charge in [0, 0.05) is 13.1 Å². The number of carboxylic acids is 1.